The van der Waals surface area contributed by atoms with E-state index in [1.54, 1.807) is 0 Å². The summed E-state index contributed by atoms with van der Waals surface area (Å²) in [5.74, 6) is 1.37. The lowest BCUT2D eigenvalue weighted by molar-refractivity contribution is 0.558. The van der Waals surface area contributed by atoms with Crippen LogP contribution in [-0.2, 0) is 13.1 Å². The van der Waals surface area contributed by atoms with Gasteiger partial charge in [0.25, 0.3) is 0 Å². The quantitative estimate of drug-likeness (QED) is 0.866. The van der Waals surface area contributed by atoms with Crippen LogP contribution in [0.1, 0.15) is 44.5 Å². The first-order chi connectivity index (χ1) is 9.22. The summed E-state index contributed by atoms with van der Waals surface area (Å²) < 4.78 is 1.85. The Hall–Kier alpha value is -1.91. The van der Waals surface area contributed by atoms with Crippen LogP contribution >= 0.6 is 0 Å². The molecule has 0 bridgehead atoms. The summed E-state index contributed by atoms with van der Waals surface area (Å²) in [6, 6.07) is 8.37. The van der Waals surface area contributed by atoms with Gasteiger partial charge >= 0.3 is 0 Å². The second kappa shape index (κ2) is 6.31. The minimum absolute atomic E-state index is 0.496. The van der Waals surface area contributed by atoms with Gasteiger partial charge in [-0.2, -0.15) is 0 Å². The number of tetrazole rings is 1. The fourth-order valence-corrected chi connectivity index (χ4v) is 2.07. The number of nitrogens with zero attached hydrogens (tertiary/aromatic N) is 4. The van der Waals surface area contributed by atoms with E-state index in [-0.39, 0.29) is 0 Å². The van der Waals surface area contributed by atoms with Crippen molar-refractivity contribution in [3.63, 3.8) is 0 Å². The van der Waals surface area contributed by atoms with Crippen LogP contribution in [0.5, 0.6) is 0 Å². The molecule has 0 radical (unpaired) electrons. The molecule has 0 aliphatic carbocycles. The highest BCUT2D eigenvalue weighted by Gasteiger charge is 2.08. The zero-order chi connectivity index (χ0) is 13.7. The Balaban J connectivity index is 2.08. The van der Waals surface area contributed by atoms with Gasteiger partial charge in [-0.1, -0.05) is 39.0 Å². The molecule has 1 N–H and O–H groups in total. The van der Waals surface area contributed by atoms with Crippen LogP contribution in [0.2, 0.25) is 0 Å². The van der Waals surface area contributed by atoms with E-state index in [1.165, 1.54) is 5.56 Å². The van der Waals surface area contributed by atoms with Gasteiger partial charge in [-0.25, -0.2) is 4.68 Å². The summed E-state index contributed by atoms with van der Waals surface area (Å²) in [6.45, 7) is 8.02. The van der Waals surface area contributed by atoms with E-state index in [2.05, 4.69) is 59.8 Å². The van der Waals surface area contributed by atoms with Crippen LogP contribution in [0.15, 0.2) is 24.3 Å². The van der Waals surface area contributed by atoms with E-state index >= 15 is 0 Å². The molecule has 0 fully saturated rings. The molecule has 5 nitrogen and oxygen atoms in total. The van der Waals surface area contributed by atoms with Crippen LogP contribution in [0.25, 0.3) is 0 Å². The van der Waals surface area contributed by atoms with Gasteiger partial charge in [-0.15, -0.1) is 5.10 Å². The number of anilines is 1. The molecular formula is C14H21N5. The molecule has 2 rings (SSSR count). The first-order valence-corrected chi connectivity index (χ1v) is 6.80. The second-order valence-corrected chi connectivity index (χ2v) is 4.91. The number of nitrogens with one attached hydrogen (secondary N) is 1. The van der Waals surface area contributed by atoms with E-state index < -0.39 is 0 Å². The number of benzene rings is 1. The zero-order valence-electron chi connectivity index (χ0n) is 11.8. The van der Waals surface area contributed by atoms with Gasteiger partial charge in [0.2, 0.25) is 0 Å². The molecule has 1 aromatic carbocycles. The first kappa shape index (κ1) is 13.5. The van der Waals surface area contributed by atoms with Crippen LogP contribution in [-0.4, -0.2) is 20.2 Å². The summed E-state index contributed by atoms with van der Waals surface area (Å²) in [5.41, 5.74) is 2.47. The normalized spacial score (nSPS) is 10.9. The van der Waals surface area contributed by atoms with Crippen LogP contribution in [0.3, 0.4) is 0 Å². The lowest BCUT2D eigenvalue weighted by atomic mass is 10.0. The molecular weight excluding hydrogens is 238 g/mol. The van der Waals surface area contributed by atoms with Crippen molar-refractivity contribution in [2.45, 2.75) is 46.2 Å². The molecule has 1 aromatic heterocycles. The SMILES string of the molecule is CCCn1nnnc1CNc1ccccc1C(C)C. The molecule has 0 amide bonds. The summed E-state index contributed by atoms with van der Waals surface area (Å²) >= 11 is 0. The first-order valence-electron chi connectivity index (χ1n) is 6.80. The van der Waals surface area contributed by atoms with Crippen molar-refractivity contribution in [2.75, 3.05) is 5.32 Å². The third-order valence-electron chi connectivity index (χ3n) is 3.06. The molecule has 102 valence electrons. The number of rotatable bonds is 6. The summed E-state index contributed by atoms with van der Waals surface area (Å²) in [6.07, 6.45) is 1.03. The Kier molecular flexibility index (Phi) is 4.49. The van der Waals surface area contributed by atoms with E-state index in [0.717, 1.165) is 24.5 Å². The van der Waals surface area contributed by atoms with Gasteiger partial charge in [-0.05, 0) is 34.4 Å². The highest BCUT2D eigenvalue weighted by molar-refractivity contribution is 5.52. The van der Waals surface area contributed by atoms with Crippen LogP contribution in [0.4, 0.5) is 5.69 Å². The molecule has 0 spiro atoms. The maximum absolute atomic E-state index is 4.06. The van der Waals surface area contributed by atoms with E-state index in [0.29, 0.717) is 12.5 Å². The highest BCUT2D eigenvalue weighted by Crippen LogP contribution is 2.23. The second-order valence-electron chi connectivity index (χ2n) is 4.91. The maximum Gasteiger partial charge on any atom is 0.170 e. The predicted molar refractivity (Wildman–Crippen MR) is 76.0 cm³/mol. The van der Waals surface area contributed by atoms with Crippen LogP contribution < -0.4 is 5.32 Å². The topological polar surface area (TPSA) is 55.6 Å². The van der Waals surface area contributed by atoms with Crippen molar-refractivity contribution in [2.24, 2.45) is 0 Å². The number of hydrogen-bond donors (Lipinski definition) is 1. The Morgan fingerprint density at radius 3 is 2.79 bits per heavy atom. The van der Waals surface area contributed by atoms with Crippen molar-refractivity contribution in [3.8, 4) is 0 Å². The molecule has 0 saturated carbocycles. The standard InChI is InChI=1S/C14H21N5/c1-4-9-19-14(16-17-18-19)10-15-13-8-6-5-7-12(13)11(2)3/h5-8,11,15H,4,9-10H2,1-3H3. The minimum Gasteiger partial charge on any atom is -0.377 e. The molecule has 2 aromatic rings. The van der Waals surface area contributed by atoms with Gasteiger partial charge in [0.05, 0.1) is 6.54 Å². The summed E-state index contributed by atoms with van der Waals surface area (Å²) in [5, 5.41) is 15.2. The van der Waals surface area contributed by atoms with Gasteiger partial charge in [-0.3, -0.25) is 0 Å². The number of hydrogen-bond acceptors (Lipinski definition) is 4. The minimum atomic E-state index is 0.496. The fourth-order valence-electron chi connectivity index (χ4n) is 2.07. The molecule has 0 aliphatic rings. The Bertz CT molecular complexity index is 518. The smallest absolute Gasteiger partial charge is 0.170 e. The molecule has 0 saturated heterocycles. The summed E-state index contributed by atoms with van der Waals surface area (Å²) in [4.78, 5) is 0. The van der Waals surface area contributed by atoms with Crippen molar-refractivity contribution in [3.05, 3.63) is 35.7 Å². The monoisotopic (exact) mass is 259 g/mol. The van der Waals surface area contributed by atoms with E-state index in [4.69, 9.17) is 0 Å². The molecule has 0 atom stereocenters. The average molecular weight is 259 g/mol. The number of aromatic nitrogens is 4. The molecule has 5 heteroatoms. The maximum atomic E-state index is 4.06. The third kappa shape index (κ3) is 3.30. The van der Waals surface area contributed by atoms with Gasteiger partial charge in [0, 0.05) is 12.2 Å². The Labute approximate surface area is 114 Å². The van der Waals surface area contributed by atoms with Crippen molar-refractivity contribution >= 4 is 5.69 Å². The Morgan fingerprint density at radius 1 is 1.26 bits per heavy atom. The van der Waals surface area contributed by atoms with Crippen LogP contribution in [0, 0.1) is 0 Å². The van der Waals surface area contributed by atoms with Gasteiger partial charge < -0.3 is 5.32 Å². The average Bonchev–Trinajstić information content (AvgIpc) is 2.84. The van der Waals surface area contributed by atoms with Gasteiger partial charge in [0.1, 0.15) is 0 Å². The lowest BCUT2D eigenvalue weighted by Gasteiger charge is -2.14. The van der Waals surface area contributed by atoms with Gasteiger partial charge in [0.15, 0.2) is 5.82 Å². The molecule has 0 aliphatic heterocycles. The summed E-state index contributed by atoms with van der Waals surface area (Å²) in [7, 11) is 0. The molecule has 1 heterocycles. The number of para-hydroxylation sites is 1. The predicted octanol–water partition coefficient (Wildman–Crippen LogP) is 2.82. The highest BCUT2D eigenvalue weighted by atomic mass is 15.5. The third-order valence-corrected chi connectivity index (χ3v) is 3.06. The molecule has 19 heavy (non-hydrogen) atoms. The zero-order valence-corrected chi connectivity index (χ0v) is 11.8. The largest absolute Gasteiger partial charge is 0.377 e. The lowest BCUT2D eigenvalue weighted by Crippen LogP contribution is -2.11. The van der Waals surface area contributed by atoms with Crippen molar-refractivity contribution in [1.29, 1.82) is 0 Å². The number of aryl methyl sites for hydroxylation is 1. The van der Waals surface area contributed by atoms with Crippen molar-refractivity contribution < 1.29 is 0 Å². The van der Waals surface area contributed by atoms with Crippen molar-refractivity contribution in [1.82, 2.24) is 20.2 Å². The van der Waals surface area contributed by atoms with E-state index in [1.807, 2.05) is 10.7 Å². The van der Waals surface area contributed by atoms with E-state index in [9.17, 15) is 0 Å². The molecule has 0 unspecified atom stereocenters. The Morgan fingerprint density at radius 2 is 2.05 bits per heavy atom. The fraction of sp³-hybridized carbons (Fsp3) is 0.500.